The average molecular weight is 406 g/mol. The van der Waals surface area contributed by atoms with Gasteiger partial charge in [0, 0.05) is 5.75 Å². The fourth-order valence-electron chi connectivity index (χ4n) is 2.95. The Kier molecular flexibility index (Phi) is 7.33. The molecule has 1 aromatic heterocycles. The standard InChI is InChI=1S/C20H27N3O2S2/c1-12-13(2)15(4)18(16(5)14(12)3)10-27-11-19(24)22-23(20(21)26)9-17-7-6-8-25-17/h6-8H,9-11H2,1-5H3,(H2,21,26)(H,22,24). The first-order chi connectivity index (χ1) is 12.7. The van der Waals surface area contributed by atoms with Gasteiger partial charge < -0.3 is 10.2 Å². The molecule has 0 aliphatic heterocycles. The lowest BCUT2D eigenvalue weighted by Gasteiger charge is -2.22. The maximum absolute atomic E-state index is 12.3. The van der Waals surface area contributed by atoms with Gasteiger partial charge in [0.2, 0.25) is 5.91 Å². The first-order valence-electron chi connectivity index (χ1n) is 8.74. The number of nitrogens with zero attached hydrogens (tertiary/aromatic N) is 1. The number of hydrazine groups is 1. The summed E-state index contributed by atoms with van der Waals surface area (Å²) in [5.74, 6) is 1.64. The Morgan fingerprint density at radius 1 is 1.15 bits per heavy atom. The lowest BCUT2D eigenvalue weighted by molar-refractivity contribution is -0.121. The molecule has 0 radical (unpaired) electrons. The van der Waals surface area contributed by atoms with Gasteiger partial charge in [0.15, 0.2) is 5.11 Å². The predicted octanol–water partition coefficient (Wildman–Crippen LogP) is 3.83. The second kappa shape index (κ2) is 9.28. The lowest BCUT2D eigenvalue weighted by Crippen LogP contribution is -2.48. The van der Waals surface area contributed by atoms with Crippen LogP contribution < -0.4 is 11.2 Å². The Morgan fingerprint density at radius 3 is 2.26 bits per heavy atom. The number of rotatable bonds is 6. The maximum Gasteiger partial charge on any atom is 0.248 e. The highest BCUT2D eigenvalue weighted by molar-refractivity contribution is 7.99. The molecule has 1 amide bonds. The molecular formula is C20H27N3O2S2. The van der Waals surface area contributed by atoms with Crippen molar-refractivity contribution in [2.24, 2.45) is 5.73 Å². The minimum absolute atomic E-state index is 0.0984. The van der Waals surface area contributed by atoms with Crippen molar-refractivity contribution in [3.8, 4) is 0 Å². The Morgan fingerprint density at radius 2 is 1.74 bits per heavy atom. The van der Waals surface area contributed by atoms with Crippen molar-refractivity contribution in [2.75, 3.05) is 5.75 Å². The summed E-state index contributed by atoms with van der Waals surface area (Å²) in [5, 5.41) is 1.52. The molecule has 0 spiro atoms. The molecule has 0 saturated carbocycles. The molecule has 146 valence electrons. The largest absolute Gasteiger partial charge is 0.467 e. The summed E-state index contributed by atoms with van der Waals surface area (Å²) in [6.45, 7) is 11.1. The predicted molar refractivity (Wildman–Crippen MR) is 115 cm³/mol. The molecule has 5 nitrogen and oxygen atoms in total. The summed E-state index contributed by atoms with van der Waals surface area (Å²) < 4.78 is 5.28. The van der Waals surface area contributed by atoms with Gasteiger partial charge in [0.25, 0.3) is 0 Å². The van der Waals surface area contributed by atoms with Crippen molar-refractivity contribution < 1.29 is 9.21 Å². The van der Waals surface area contributed by atoms with E-state index in [-0.39, 0.29) is 11.0 Å². The zero-order valence-electron chi connectivity index (χ0n) is 16.5. The number of benzene rings is 1. The fourth-order valence-corrected chi connectivity index (χ4v) is 4.05. The summed E-state index contributed by atoms with van der Waals surface area (Å²) in [7, 11) is 0. The molecule has 27 heavy (non-hydrogen) atoms. The third-order valence-corrected chi connectivity index (χ3v) is 6.23. The van der Waals surface area contributed by atoms with Gasteiger partial charge in [-0.3, -0.25) is 15.2 Å². The van der Waals surface area contributed by atoms with Crippen LogP contribution in [0.2, 0.25) is 0 Å². The zero-order chi connectivity index (χ0) is 20.1. The van der Waals surface area contributed by atoms with E-state index in [1.807, 2.05) is 0 Å². The molecule has 0 fully saturated rings. The van der Waals surface area contributed by atoms with Crippen LogP contribution in [0.25, 0.3) is 0 Å². The van der Waals surface area contributed by atoms with Gasteiger partial charge in [0.1, 0.15) is 5.76 Å². The smallest absolute Gasteiger partial charge is 0.248 e. The van der Waals surface area contributed by atoms with E-state index in [2.05, 4.69) is 40.0 Å². The van der Waals surface area contributed by atoms with Crippen LogP contribution in [-0.4, -0.2) is 21.8 Å². The second-order valence-electron chi connectivity index (χ2n) is 6.64. The van der Waals surface area contributed by atoms with Crippen molar-refractivity contribution in [1.82, 2.24) is 10.4 Å². The number of thiocarbonyl (C=S) groups is 1. The molecule has 3 N–H and O–H groups in total. The Labute approximate surface area is 170 Å². The molecule has 1 aromatic carbocycles. The molecule has 0 aliphatic carbocycles. The van der Waals surface area contributed by atoms with Gasteiger partial charge in [-0.15, -0.1) is 11.8 Å². The van der Waals surface area contributed by atoms with Crippen LogP contribution in [-0.2, 0) is 17.1 Å². The number of thioether (sulfide) groups is 1. The normalized spacial score (nSPS) is 10.7. The summed E-state index contributed by atoms with van der Waals surface area (Å²) >= 11 is 6.59. The Balaban J connectivity index is 1.95. The quantitative estimate of drug-likeness (QED) is 0.562. The molecule has 2 aromatic rings. The minimum atomic E-state index is -0.143. The number of nitrogens with one attached hydrogen (secondary N) is 1. The van der Waals surface area contributed by atoms with E-state index in [1.54, 1.807) is 30.2 Å². The van der Waals surface area contributed by atoms with E-state index in [4.69, 9.17) is 22.4 Å². The zero-order valence-corrected chi connectivity index (χ0v) is 18.1. The third kappa shape index (κ3) is 5.26. The number of furan rings is 1. The van der Waals surface area contributed by atoms with Gasteiger partial charge in [-0.05, 0) is 92.4 Å². The highest BCUT2D eigenvalue weighted by atomic mass is 32.2. The fraction of sp³-hybridized carbons (Fsp3) is 0.400. The molecule has 0 saturated heterocycles. The number of nitrogens with two attached hydrogens (primary N) is 1. The van der Waals surface area contributed by atoms with E-state index in [0.29, 0.717) is 18.1 Å². The maximum atomic E-state index is 12.3. The second-order valence-corrected chi connectivity index (χ2v) is 8.04. The molecule has 2 rings (SSSR count). The van der Waals surface area contributed by atoms with Crippen LogP contribution in [0, 0.1) is 34.6 Å². The van der Waals surface area contributed by atoms with Crippen LogP contribution in [0.5, 0.6) is 0 Å². The van der Waals surface area contributed by atoms with Crippen molar-refractivity contribution in [3.63, 3.8) is 0 Å². The van der Waals surface area contributed by atoms with Gasteiger partial charge in [-0.25, -0.2) is 0 Å². The van der Waals surface area contributed by atoms with Gasteiger partial charge >= 0.3 is 0 Å². The number of amides is 1. The van der Waals surface area contributed by atoms with Gasteiger partial charge in [0.05, 0.1) is 18.6 Å². The number of hydrogen-bond donors (Lipinski definition) is 2. The van der Waals surface area contributed by atoms with Crippen molar-refractivity contribution in [1.29, 1.82) is 0 Å². The first kappa shape index (κ1) is 21.3. The molecule has 0 atom stereocenters. The summed E-state index contributed by atoms with van der Waals surface area (Å²) in [6, 6.07) is 3.58. The molecule has 0 aliphatic rings. The van der Waals surface area contributed by atoms with Crippen molar-refractivity contribution >= 4 is 35.0 Å². The molecular weight excluding hydrogens is 378 g/mol. The highest BCUT2D eigenvalue weighted by Crippen LogP contribution is 2.28. The monoisotopic (exact) mass is 405 g/mol. The number of hydrogen-bond acceptors (Lipinski definition) is 4. The van der Waals surface area contributed by atoms with Crippen molar-refractivity contribution in [3.05, 3.63) is 57.5 Å². The van der Waals surface area contributed by atoms with Gasteiger partial charge in [-0.1, -0.05) is 0 Å². The van der Waals surface area contributed by atoms with E-state index in [9.17, 15) is 4.79 Å². The lowest BCUT2D eigenvalue weighted by atomic mass is 9.90. The van der Waals surface area contributed by atoms with E-state index >= 15 is 0 Å². The van der Waals surface area contributed by atoms with Crippen LogP contribution in [0.3, 0.4) is 0 Å². The highest BCUT2D eigenvalue weighted by Gasteiger charge is 2.15. The Bertz CT molecular complexity index is 803. The summed E-state index contributed by atoms with van der Waals surface area (Å²) in [5.41, 5.74) is 16.4. The summed E-state index contributed by atoms with van der Waals surface area (Å²) in [4.78, 5) is 12.3. The van der Waals surface area contributed by atoms with Crippen LogP contribution in [0.4, 0.5) is 0 Å². The molecule has 1 heterocycles. The minimum Gasteiger partial charge on any atom is -0.467 e. The van der Waals surface area contributed by atoms with E-state index in [0.717, 1.165) is 5.75 Å². The SMILES string of the molecule is Cc1c(C)c(C)c(CSCC(=O)NN(Cc2ccco2)C(N)=S)c(C)c1C. The number of carbonyl (C=O) groups excluding carboxylic acids is 1. The van der Waals surface area contributed by atoms with Crippen LogP contribution in [0.15, 0.2) is 22.8 Å². The summed E-state index contributed by atoms with van der Waals surface area (Å²) in [6.07, 6.45) is 1.57. The van der Waals surface area contributed by atoms with E-state index in [1.165, 1.54) is 38.4 Å². The molecule has 0 unspecified atom stereocenters. The topological polar surface area (TPSA) is 71.5 Å². The molecule has 7 heteroatoms. The average Bonchev–Trinajstić information content (AvgIpc) is 3.13. The number of carbonyl (C=O) groups is 1. The molecule has 0 bridgehead atoms. The van der Waals surface area contributed by atoms with Crippen molar-refractivity contribution in [2.45, 2.75) is 46.9 Å². The van der Waals surface area contributed by atoms with Crippen LogP contribution in [0.1, 0.15) is 39.1 Å². The third-order valence-electron chi connectivity index (χ3n) is 5.05. The Hall–Kier alpha value is -1.99. The van der Waals surface area contributed by atoms with Crippen LogP contribution >= 0.6 is 24.0 Å². The van der Waals surface area contributed by atoms with Gasteiger partial charge in [-0.2, -0.15) is 0 Å². The first-order valence-corrected chi connectivity index (χ1v) is 10.3. The van der Waals surface area contributed by atoms with E-state index < -0.39 is 0 Å².